The van der Waals surface area contributed by atoms with Crippen molar-refractivity contribution >= 4 is 11.6 Å². The topological polar surface area (TPSA) is 34.1 Å². The quantitative estimate of drug-likeness (QED) is 0.667. The largest absolute Gasteiger partial charge is 0.295 e. The second-order valence-electron chi connectivity index (χ2n) is 4.64. The van der Waals surface area contributed by atoms with Gasteiger partial charge in [0.25, 0.3) is 0 Å². The normalized spacial score (nSPS) is 15.2. The molecule has 0 unspecified atom stereocenters. The maximum Gasteiger partial charge on any atom is 0.159 e. The molecule has 1 aliphatic carbocycles. The van der Waals surface area contributed by atoms with Crippen molar-refractivity contribution in [3.63, 3.8) is 0 Å². The highest BCUT2D eigenvalue weighted by Gasteiger charge is 2.09. The van der Waals surface area contributed by atoms with Gasteiger partial charge in [-0.1, -0.05) is 24.8 Å². The van der Waals surface area contributed by atoms with Gasteiger partial charge < -0.3 is 0 Å². The summed E-state index contributed by atoms with van der Waals surface area (Å²) in [5, 5.41) is 0. The van der Waals surface area contributed by atoms with Crippen molar-refractivity contribution in [2.75, 3.05) is 0 Å². The molecule has 0 atom stereocenters. The fourth-order valence-electron chi connectivity index (χ4n) is 1.71. The van der Waals surface area contributed by atoms with Crippen LogP contribution in [0.5, 0.6) is 0 Å². The molecular weight excluding hydrogens is 224 g/mol. The monoisotopic (exact) mass is 244 g/mol. The van der Waals surface area contributed by atoms with Crippen LogP contribution >= 0.6 is 0 Å². The predicted molar refractivity (Wildman–Crippen MR) is 74.3 cm³/mol. The van der Waals surface area contributed by atoms with Gasteiger partial charge in [0.2, 0.25) is 0 Å². The molecule has 0 aromatic carbocycles. The number of hydrogen-bond donors (Lipinski definition) is 0. The van der Waals surface area contributed by atoms with E-state index in [1.54, 1.807) is 13.8 Å². The minimum absolute atomic E-state index is 0.0319. The molecule has 2 nitrogen and oxygen atoms in total. The lowest BCUT2D eigenvalue weighted by Gasteiger charge is -2.04. The Labute approximate surface area is 109 Å². The van der Waals surface area contributed by atoms with Gasteiger partial charge in [0.1, 0.15) is 0 Å². The number of allylic oxidation sites excluding steroid dienone is 7. The zero-order valence-electron chi connectivity index (χ0n) is 11.2. The van der Waals surface area contributed by atoms with E-state index in [9.17, 15) is 9.59 Å². The average molecular weight is 244 g/mol. The van der Waals surface area contributed by atoms with E-state index in [4.69, 9.17) is 0 Å². The third-order valence-corrected chi connectivity index (χ3v) is 2.90. The summed E-state index contributed by atoms with van der Waals surface area (Å²) >= 11 is 0. The molecule has 0 fully saturated rings. The highest BCUT2D eigenvalue weighted by Crippen LogP contribution is 2.14. The Bertz CT molecular complexity index is 448. The minimum atomic E-state index is -0.0343. The molecule has 0 heterocycles. The van der Waals surface area contributed by atoms with Crippen molar-refractivity contribution in [1.82, 2.24) is 0 Å². The Morgan fingerprint density at radius 2 is 1.89 bits per heavy atom. The third-order valence-electron chi connectivity index (χ3n) is 2.90. The predicted octanol–water partition coefficient (Wildman–Crippen LogP) is 3.70. The van der Waals surface area contributed by atoms with Crippen LogP contribution in [0.2, 0.25) is 0 Å². The molecule has 0 saturated carbocycles. The zero-order chi connectivity index (χ0) is 13.5. The summed E-state index contributed by atoms with van der Waals surface area (Å²) in [5.74, 6) is -0.00241. The standard InChI is InChI=1S/C16H20O2/c1-12(2)15(17)9-10-16(18)13(3)11-14-7-5-4-6-8-14/h5,7-8,11H,1,4,6,9-10H2,2-3H3/b13-11+. The Morgan fingerprint density at radius 3 is 2.44 bits per heavy atom. The molecule has 0 aromatic rings. The summed E-state index contributed by atoms with van der Waals surface area (Å²) in [5.41, 5.74) is 2.31. The van der Waals surface area contributed by atoms with Gasteiger partial charge in [-0.2, -0.15) is 0 Å². The summed E-state index contributed by atoms with van der Waals surface area (Å²) in [6, 6.07) is 0. The van der Waals surface area contributed by atoms with Crippen molar-refractivity contribution in [3.8, 4) is 0 Å². The molecule has 2 heteroatoms. The first kappa shape index (κ1) is 14.4. The molecule has 0 N–H and O–H groups in total. The van der Waals surface area contributed by atoms with E-state index in [0.29, 0.717) is 11.1 Å². The van der Waals surface area contributed by atoms with E-state index in [1.807, 2.05) is 12.2 Å². The van der Waals surface area contributed by atoms with Gasteiger partial charge in [0.15, 0.2) is 11.6 Å². The summed E-state index contributed by atoms with van der Waals surface area (Å²) in [6.07, 6.45) is 10.8. The Morgan fingerprint density at radius 1 is 1.22 bits per heavy atom. The van der Waals surface area contributed by atoms with Crippen molar-refractivity contribution in [3.05, 3.63) is 47.6 Å². The molecule has 0 spiro atoms. The van der Waals surface area contributed by atoms with Crippen LogP contribution in [0.1, 0.15) is 39.5 Å². The average Bonchev–Trinajstić information content (AvgIpc) is 2.36. The van der Waals surface area contributed by atoms with Crippen molar-refractivity contribution < 1.29 is 9.59 Å². The highest BCUT2D eigenvalue weighted by molar-refractivity contribution is 6.00. The molecule has 1 rings (SSSR count). The second kappa shape index (κ2) is 6.90. The van der Waals surface area contributed by atoms with E-state index >= 15 is 0 Å². The Balaban J connectivity index is 2.53. The number of carbonyl (C=O) groups is 2. The lowest BCUT2D eigenvalue weighted by molar-refractivity contribution is -0.120. The van der Waals surface area contributed by atoms with Gasteiger partial charge in [-0.15, -0.1) is 0 Å². The van der Waals surface area contributed by atoms with Gasteiger partial charge in [-0.25, -0.2) is 0 Å². The minimum Gasteiger partial charge on any atom is -0.295 e. The van der Waals surface area contributed by atoms with Crippen LogP contribution in [-0.4, -0.2) is 11.6 Å². The number of hydrogen-bond acceptors (Lipinski definition) is 2. The van der Waals surface area contributed by atoms with E-state index < -0.39 is 0 Å². The van der Waals surface area contributed by atoms with Gasteiger partial charge in [0.05, 0.1) is 0 Å². The van der Waals surface area contributed by atoms with Gasteiger partial charge in [-0.3, -0.25) is 9.59 Å². The van der Waals surface area contributed by atoms with Crippen molar-refractivity contribution in [1.29, 1.82) is 0 Å². The maximum absolute atomic E-state index is 11.8. The Hall–Kier alpha value is -1.70. The number of carbonyl (C=O) groups excluding carboxylic acids is 2. The third kappa shape index (κ3) is 4.66. The van der Waals surface area contributed by atoms with Crippen LogP contribution in [0.15, 0.2) is 47.6 Å². The summed E-state index contributed by atoms with van der Waals surface area (Å²) in [4.78, 5) is 23.2. The summed E-state index contributed by atoms with van der Waals surface area (Å²) < 4.78 is 0. The SMILES string of the molecule is C=C(C)C(=O)CCC(=O)/C(C)=C/C1=CCCC=C1. The van der Waals surface area contributed by atoms with Gasteiger partial charge >= 0.3 is 0 Å². The summed E-state index contributed by atoms with van der Waals surface area (Å²) in [6.45, 7) is 7.05. The molecule has 96 valence electrons. The number of rotatable bonds is 6. The van der Waals surface area contributed by atoms with E-state index in [1.165, 1.54) is 0 Å². The van der Waals surface area contributed by atoms with Crippen LogP contribution in [0, 0.1) is 0 Å². The van der Waals surface area contributed by atoms with Crippen LogP contribution in [0.3, 0.4) is 0 Å². The first-order valence-electron chi connectivity index (χ1n) is 6.27. The fourth-order valence-corrected chi connectivity index (χ4v) is 1.71. The molecule has 0 saturated heterocycles. The molecule has 0 radical (unpaired) electrons. The lowest BCUT2D eigenvalue weighted by Crippen LogP contribution is -2.06. The number of Topliss-reactive ketones (excluding diaryl/α,β-unsaturated/α-hetero) is 2. The van der Waals surface area contributed by atoms with Crippen molar-refractivity contribution in [2.45, 2.75) is 39.5 Å². The van der Waals surface area contributed by atoms with Crippen LogP contribution < -0.4 is 0 Å². The van der Waals surface area contributed by atoms with E-state index in [0.717, 1.165) is 18.4 Å². The molecule has 1 aliphatic rings. The van der Waals surface area contributed by atoms with E-state index in [-0.39, 0.29) is 24.4 Å². The maximum atomic E-state index is 11.8. The second-order valence-corrected chi connectivity index (χ2v) is 4.64. The highest BCUT2D eigenvalue weighted by atomic mass is 16.1. The van der Waals surface area contributed by atoms with E-state index in [2.05, 4.69) is 18.7 Å². The first-order valence-corrected chi connectivity index (χ1v) is 6.27. The smallest absolute Gasteiger partial charge is 0.159 e. The van der Waals surface area contributed by atoms with Gasteiger partial charge in [-0.05, 0) is 49.5 Å². The number of ketones is 2. The molecule has 0 aliphatic heterocycles. The zero-order valence-corrected chi connectivity index (χ0v) is 11.2. The Kier molecular flexibility index (Phi) is 5.50. The van der Waals surface area contributed by atoms with Crippen LogP contribution in [0.25, 0.3) is 0 Å². The van der Waals surface area contributed by atoms with Crippen molar-refractivity contribution in [2.24, 2.45) is 0 Å². The summed E-state index contributed by atoms with van der Waals surface area (Å²) in [7, 11) is 0. The van der Waals surface area contributed by atoms with Crippen LogP contribution in [-0.2, 0) is 9.59 Å². The molecule has 0 amide bonds. The molecule has 18 heavy (non-hydrogen) atoms. The van der Waals surface area contributed by atoms with Crippen LogP contribution in [0.4, 0.5) is 0 Å². The fraction of sp³-hybridized carbons (Fsp3) is 0.375. The van der Waals surface area contributed by atoms with Gasteiger partial charge in [0, 0.05) is 12.8 Å². The molecular formula is C16H20O2. The lowest BCUT2D eigenvalue weighted by atomic mass is 10.00. The molecule has 0 bridgehead atoms. The first-order chi connectivity index (χ1) is 8.50. The molecule has 0 aromatic heterocycles.